The van der Waals surface area contributed by atoms with Crippen molar-refractivity contribution in [2.75, 3.05) is 19.6 Å². The van der Waals surface area contributed by atoms with E-state index in [4.69, 9.17) is 10.5 Å². The lowest BCUT2D eigenvalue weighted by Gasteiger charge is -2.23. The van der Waals surface area contributed by atoms with Gasteiger partial charge in [0.1, 0.15) is 12.4 Å². The van der Waals surface area contributed by atoms with Crippen molar-refractivity contribution < 1.29 is 4.74 Å². The van der Waals surface area contributed by atoms with Crippen LogP contribution in [-0.4, -0.2) is 24.5 Å². The number of benzene rings is 2. The van der Waals surface area contributed by atoms with Crippen molar-refractivity contribution >= 4 is 0 Å². The maximum absolute atomic E-state index is 6.06. The molecule has 1 aliphatic rings. The fraction of sp³-hybridized carbons (Fsp3) is 0.400. The van der Waals surface area contributed by atoms with Gasteiger partial charge in [-0.2, -0.15) is 0 Å². The first kappa shape index (κ1) is 16.0. The number of hydrogen-bond donors (Lipinski definition) is 1. The van der Waals surface area contributed by atoms with Gasteiger partial charge in [0.05, 0.1) is 0 Å². The standard InChI is InChI=1S/C20H26N2O/c1-20(15-21)11-12-22(16-20)13-18-9-5-6-10-19(18)23-14-17-7-3-2-4-8-17/h2-10H,11-16,21H2,1H3. The first-order valence-corrected chi connectivity index (χ1v) is 8.36. The SMILES string of the molecule is CC1(CN)CCN(Cc2ccccc2OCc2ccccc2)C1. The van der Waals surface area contributed by atoms with Crippen LogP contribution in [0.3, 0.4) is 0 Å². The maximum Gasteiger partial charge on any atom is 0.124 e. The van der Waals surface area contributed by atoms with Crippen LogP contribution >= 0.6 is 0 Å². The maximum atomic E-state index is 6.06. The molecule has 3 nitrogen and oxygen atoms in total. The van der Waals surface area contributed by atoms with Crippen molar-refractivity contribution in [2.24, 2.45) is 11.1 Å². The minimum absolute atomic E-state index is 0.264. The predicted molar refractivity (Wildman–Crippen MR) is 94.3 cm³/mol. The van der Waals surface area contributed by atoms with Gasteiger partial charge in [-0.3, -0.25) is 4.90 Å². The average molecular weight is 310 g/mol. The number of rotatable bonds is 6. The molecule has 2 aromatic carbocycles. The molecule has 0 aromatic heterocycles. The second-order valence-corrected chi connectivity index (χ2v) is 6.86. The quantitative estimate of drug-likeness (QED) is 0.888. The van der Waals surface area contributed by atoms with Crippen molar-refractivity contribution in [3.05, 3.63) is 65.7 Å². The summed E-state index contributed by atoms with van der Waals surface area (Å²) >= 11 is 0. The molecule has 2 N–H and O–H groups in total. The van der Waals surface area contributed by atoms with Gasteiger partial charge in [-0.25, -0.2) is 0 Å². The van der Waals surface area contributed by atoms with E-state index < -0.39 is 0 Å². The van der Waals surface area contributed by atoms with Gasteiger partial charge in [0.15, 0.2) is 0 Å². The fourth-order valence-electron chi connectivity index (χ4n) is 3.18. The summed E-state index contributed by atoms with van der Waals surface area (Å²) in [7, 11) is 0. The largest absolute Gasteiger partial charge is 0.489 e. The number of hydrogen-bond acceptors (Lipinski definition) is 3. The molecule has 23 heavy (non-hydrogen) atoms. The minimum atomic E-state index is 0.264. The summed E-state index contributed by atoms with van der Waals surface area (Å²) in [5.41, 5.74) is 8.63. The smallest absolute Gasteiger partial charge is 0.124 e. The normalized spacial score (nSPS) is 21.5. The van der Waals surface area contributed by atoms with Gasteiger partial charge in [-0.05, 0) is 36.6 Å². The highest BCUT2D eigenvalue weighted by atomic mass is 16.5. The molecule has 1 aliphatic heterocycles. The zero-order valence-corrected chi connectivity index (χ0v) is 13.9. The molecule has 3 heteroatoms. The Labute approximate surface area is 139 Å². The molecular formula is C20H26N2O. The Balaban J connectivity index is 1.64. The first-order valence-electron chi connectivity index (χ1n) is 8.36. The molecule has 0 amide bonds. The van der Waals surface area contributed by atoms with Crippen molar-refractivity contribution in [1.29, 1.82) is 0 Å². The summed E-state index contributed by atoms with van der Waals surface area (Å²) in [6.45, 7) is 6.76. The molecule has 0 spiro atoms. The van der Waals surface area contributed by atoms with E-state index >= 15 is 0 Å². The van der Waals surface area contributed by atoms with E-state index in [1.54, 1.807) is 0 Å². The molecule has 122 valence electrons. The number of nitrogens with zero attached hydrogens (tertiary/aromatic N) is 1. The minimum Gasteiger partial charge on any atom is -0.489 e. The van der Waals surface area contributed by atoms with Crippen LogP contribution in [0.15, 0.2) is 54.6 Å². The van der Waals surface area contributed by atoms with E-state index in [0.717, 1.165) is 31.9 Å². The van der Waals surface area contributed by atoms with Gasteiger partial charge in [-0.15, -0.1) is 0 Å². The zero-order chi connectivity index (χ0) is 16.1. The van der Waals surface area contributed by atoms with Crippen LogP contribution in [0.5, 0.6) is 5.75 Å². The molecule has 1 unspecified atom stereocenters. The molecule has 1 fully saturated rings. The summed E-state index contributed by atoms with van der Waals surface area (Å²) in [5.74, 6) is 0.984. The third kappa shape index (κ3) is 4.12. The Bertz CT molecular complexity index is 629. The molecule has 0 radical (unpaired) electrons. The van der Waals surface area contributed by atoms with Gasteiger partial charge >= 0.3 is 0 Å². The third-order valence-corrected chi connectivity index (χ3v) is 4.73. The topological polar surface area (TPSA) is 38.5 Å². The van der Waals surface area contributed by atoms with Gasteiger partial charge < -0.3 is 10.5 Å². The van der Waals surface area contributed by atoms with Crippen LogP contribution in [0.2, 0.25) is 0 Å². The van der Waals surface area contributed by atoms with Crippen LogP contribution in [0.25, 0.3) is 0 Å². The van der Waals surface area contributed by atoms with Crippen LogP contribution in [0.4, 0.5) is 0 Å². The van der Waals surface area contributed by atoms with Crippen LogP contribution in [-0.2, 0) is 13.2 Å². The lowest BCUT2D eigenvalue weighted by molar-refractivity contribution is 0.262. The van der Waals surface area contributed by atoms with Crippen molar-refractivity contribution in [3.63, 3.8) is 0 Å². The lowest BCUT2D eigenvalue weighted by Crippen LogP contribution is -2.31. The monoisotopic (exact) mass is 310 g/mol. The van der Waals surface area contributed by atoms with Gasteiger partial charge in [-0.1, -0.05) is 55.5 Å². The Morgan fingerprint density at radius 1 is 1.09 bits per heavy atom. The molecule has 0 bridgehead atoms. The van der Waals surface area contributed by atoms with Crippen LogP contribution in [0.1, 0.15) is 24.5 Å². The van der Waals surface area contributed by atoms with Crippen molar-refractivity contribution in [3.8, 4) is 5.75 Å². The van der Waals surface area contributed by atoms with Gasteiger partial charge in [0.2, 0.25) is 0 Å². The highest BCUT2D eigenvalue weighted by Gasteiger charge is 2.32. The highest BCUT2D eigenvalue weighted by Crippen LogP contribution is 2.31. The molecule has 1 atom stereocenters. The zero-order valence-electron chi connectivity index (χ0n) is 13.9. The predicted octanol–water partition coefficient (Wildman–Crippen LogP) is 3.44. The van der Waals surface area contributed by atoms with E-state index in [1.165, 1.54) is 17.5 Å². The van der Waals surface area contributed by atoms with E-state index in [2.05, 4.69) is 42.2 Å². The van der Waals surface area contributed by atoms with Crippen molar-refractivity contribution in [1.82, 2.24) is 4.90 Å². The summed E-state index contributed by atoms with van der Waals surface area (Å²) < 4.78 is 6.06. The highest BCUT2D eigenvalue weighted by molar-refractivity contribution is 5.33. The fourth-order valence-corrected chi connectivity index (χ4v) is 3.18. The second-order valence-electron chi connectivity index (χ2n) is 6.86. The summed E-state index contributed by atoms with van der Waals surface area (Å²) in [6.07, 6.45) is 1.18. The van der Waals surface area contributed by atoms with Crippen molar-refractivity contribution in [2.45, 2.75) is 26.5 Å². The van der Waals surface area contributed by atoms with E-state index in [9.17, 15) is 0 Å². The third-order valence-electron chi connectivity index (χ3n) is 4.73. The van der Waals surface area contributed by atoms with E-state index in [1.807, 2.05) is 24.3 Å². The van der Waals surface area contributed by atoms with Gasteiger partial charge in [0, 0.05) is 18.7 Å². The number of ether oxygens (including phenoxy) is 1. The number of nitrogens with two attached hydrogens (primary N) is 1. The van der Waals surface area contributed by atoms with Crippen LogP contribution in [0, 0.1) is 5.41 Å². The lowest BCUT2D eigenvalue weighted by atomic mass is 9.90. The second kappa shape index (κ2) is 7.16. The molecule has 0 aliphatic carbocycles. The molecule has 1 heterocycles. The van der Waals surface area contributed by atoms with Crippen LogP contribution < -0.4 is 10.5 Å². The molecule has 2 aromatic rings. The molecule has 3 rings (SSSR count). The summed E-state index contributed by atoms with van der Waals surface area (Å²) in [6, 6.07) is 18.7. The average Bonchev–Trinajstić information content (AvgIpc) is 2.97. The Hall–Kier alpha value is -1.84. The number of likely N-dealkylation sites (tertiary alicyclic amines) is 1. The summed E-state index contributed by atoms with van der Waals surface area (Å²) in [5, 5.41) is 0. The Morgan fingerprint density at radius 3 is 2.57 bits per heavy atom. The van der Waals surface area contributed by atoms with Gasteiger partial charge in [0.25, 0.3) is 0 Å². The molecule has 0 saturated carbocycles. The molecule has 1 saturated heterocycles. The molecular weight excluding hydrogens is 284 g/mol. The Kier molecular flexibility index (Phi) is 4.99. The first-order chi connectivity index (χ1) is 11.2. The van der Waals surface area contributed by atoms with E-state index in [0.29, 0.717) is 6.61 Å². The number of para-hydroxylation sites is 1. The Morgan fingerprint density at radius 2 is 1.83 bits per heavy atom. The summed E-state index contributed by atoms with van der Waals surface area (Å²) in [4.78, 5) is 2.48. The van der Waals surface area contributed by atoms with E-state index in [-0.39, 0.29) is 5.41 Å².